The summed E-state index contributed by atoms with van der Waals surface area (Å²) in [7, 11) is 0. The molecule has 0 radical (unpaired) electrons. The topological polar surface area (TPSA) is 9.23 Å². The maximum Gasteiger partial charge on any atom is 0.419 e. The molecular formula is C14H8Cl3F3O. The predicted octanol–water partition coefficient (Wildman–Crippen LogP) is 6.54. The van der Waals surface area contributed by atoms with Gasteiger partial charge in [0.1, 0.15) is 11.5 Å². The van der Waals surface area contributed by atoms with Crippen LogP contribution in [-0.2, 0) is 12.1 Å². The molecule has 0 aromatic heterocycles. The monoisotopic (exact) mass is 354 g/mol. The van der Waals surface area contributed by atoms with Crippen molar-refractivity contribution in [3.63, 3.8) is 0 Å². The maximum absolute atomic E-state index is 13.1. The Labute approximate surface area is 134 Å². The minimum Gasteiger partial charge on any atom is -0.455 e. The van der Waals surface area contributed by atoms with Gasteiger partial charge in [0.2, 0.25) is 0 Å². The largest absolute Gasteiger partial charge is 0.455 e. The predicted molar refractivity (Wildman–Crippen MR) is 77.5 cm³/mol. The first-order valence-corrected chi connectivity index (χ1v) is 6.99. The second kappa shape index (κ2) is 6.34. The van der Waals surface area contributed by atoms with Crippen LogP contribution in [0.5, 0.6) is 11.5 Å². The average Bonchev–Trinajstić information content (AvgIpc) is 2.41. The summed E-state index contributed by atoms with van der Waals surface area (Å²) in [6.07, 6.45) is -4.56. The minimum atomic E-state index is -4.56. The Kier molecular flexibility index (Phi) is 4.91. The number of alkyl halides is 4. The highest BCUT2D eigenvalue weighted by molar-refractivity contribution is 6.35. The first-order valence-electron chi connectivity index (χ1n) is 5.70. The van der Waals surface area contributed by atoms with Crippen LogP contribution >= 0.6 is 34.8 Å². The Balaban J connectivity index is 2.44. The van der Waals surface area contributed by atoms with E-state index in [1.54, 1.807) is 0 Å². The Hall–Kier alpha value is -1.10. The molecule has 0 atom stereocenters. The van der Waals surface area contributed by atoms with E-state index in [2.05, 4.69) is 0 Å². The number of hydrogen-bond acceptors (Lipinski definition) is 1. The molecule has 21 heavy (non-hydrogen) atoms. The molecule has 0 unspecified atom stereocenters. The second-order valence-electron chi connectivity index (χ2n) is 4.14. The first kappa shape index (κ1) is 16.3. The van der Waals surface area contributed by atoms with Gasteiger partial charge in [0, 0.05) is 10.9 Å². The fraction of sp³-hybridized carbons (Fsp3) is 0.143. The number of benzene rings is 2. The van der Waals surface area contributed by atoms with E-state index in [1.165, 1.54) is 30.3 Å². The van der Waals surface area contributed by atoms with Crippen LogP contribution in [-0.4, -0.2) is 0 Å². The number of ether oxygens (including phenoxy) is 1. The van der Waals surface area contributed by atoms with Gasteiger partial charge in [-0.15, -0.1) is 11.6 Å². The van der Waals surface area contributed by atoms with Crippen molar-refractivity contribution in [2.45, 2.75) is 12.1 Å². The van der Waals surface area contributed by atoms with Crippen LogP contribution in [0, 0.1) is 0 Å². The van der Waals surface area contributed by atoms with E-state index in [-0.39, 0.29) is 22.4 Å². The van der Waals surface area contributed by atoms with Crippen LogP contribution in [0.15, 0.2) is 36.4 Å². The molecule has 0 amide bonds. The van der Waals surface area contributed by atoms with Crippen molar-refractivity contribution in [2.24, 2.45) is 0 Å². The molecule has 7 heteroatoms. The van der Waals surface area contributed by atoms with Crippen molar-refractivity contribution in [1.82, 2.24) is 0 Å². The lowest BCUT2D eigenvalue weighted by Crippen LogP contribution is -2.08. The summed E-state index contributed by atoms with van der Waals surface area (Å²) in [6, 6.07) is 7.89. The van der Waals surface area contributed by atoms with E-state index in [1.807, 2.05) is 0 Å². The van der Waals surface area contributed by atoms with E-state index in [0.29, 0.717) is 10.6 Å². The van der Waals surface area contributed by atoms with Gasteiger partial charge in [0.15, 0.2) is 0 Å². The van der Waals surface area contributed by atoms with Gasteiger partial charge in [-0.1, -0.05) is 29.3 Å². The molecule has 2 aromatic rings. The average molecular weight is 356 g/mol. The normalized spacial score (nSPS) is 11.5. The molecule has 1 nitrogen and oxygen atoms in total. The minimum absolute atomic E-state index is 0.0228. The first-order chi connectivity index (χ1) is 9.81. The second-order valence-corrected chi connectivity index (χ2v) is 5.25. The zero-order valence-corrected chi connectivity index (χ0v) is 12.6. The van der Waals surface area contributed by atoms with E-state index in [0.717, 1.165) is 6.07 Å². The van der Waals surface area contributed by atoms with Gasteiger partial charge < -0.3 is 4.74 Å². The van der Waals surface area contributed by atoms with Crippen molar-refractivity contribution >= 4 is 34.8 Å². The highest BCUT2D eigenvalue weighted by Crippen LogP contribution is 2.40. The number of rotatable bonds is 3. The highest BCUT2D eigenvalue weighted by Gasteiger charge is 2.35. The summed E-state index contributed by atoms with van der Waals surface area (Å²) in [5.74, 6) is -0.281. The molecule has 0 aliphatic rings. The summed E-state index contributed by atoms with van der Waals surface area (Å²) >= 11 is 17.2. The molecule has 0 fully saturated rings. The van der Waals surface area contributed by atoms with Crippen molar-refractivity contribution in [2.75, 3.05) is 0 Å². The Morgan fingerprint density at radius 3 is 2.19 bits per heavy atom. The Morgan fingerprint density at radius 1 is 0.952 bits per heavy atom. The van der Waals surface area contributed by atoms with Gasteiger partial charge in [-0.3, -0.25) is 0 Å². The molecule has 0 N–H and O–H groups in total. The standard InChI is InChI=1S/C14H8Cl3F3O/c15-7-8-1-3-12(10(5-8)14(18,19)20)21-13-4-2-9(16)6-11(13)17/h1-6H,7H2. The fourth-order valence-electron chi connectivity index (χ4n) is 1.65. The van der Waals surface area contributed by atoms with Gasteiger partial charge in [-0.2, -0.15) is 13.2 Å². The van der Waals surface area contributed by atoms with Gasteiger partial charge >= 0.3 is 6.18 Å². The van der Waals surface area contributed by atoms with Crippen molar-refractivity contribution in [3.05, 3.63) is 57.6 Å². The Bertz CT molecular complexity index is 656. The van der Waals surface area contributed by atoms with Gasteiger partial charge in [-0.05, 0) is 35.9 Å². The molecule has 2 rings (SSSR count). The lowest BCUT2D eigenvalue weighted by atomic mass is 10.1. The van der Waals surface area contributed by atoms with Crippen LogP contribution in [0.1, 0.15) is 11.1 Å². The van der Waals surface area contributed by atoms with Crippen LogP contribution in [0.2, 0.25) is 10.0 Å². The van der Waals surface area contributed by atoms with Crippen LogP contribution in [0.3, 0.4) is 0 Å². The van der Waals surface area contributed by atoms with Crippen molar-refractivity contribution < 1.29 is 17.9 Å². The van der Waals surface area contributed by atoms with Gasteiger partial charge in [-0.25, -0.2) is 0 Å². The van der Waals surface area contributed by atoms with Gasteiger partial charge in [0.25, 0.3) is 0 Å². The van der Waals surface area contributed by atoms with E-state index < -0.39 is 11.7 Å². The molecule has 0 saturated heterocycles. The molecule has 112 valence electrons. The van der Waals surface area contributed by atoms with E-state index in [4.69, 9.17) is 39.5 Å². The molecule has 0 saturated carbocycles. The smallest absolute Gasteiger partial charge is 0.419 e. The van der Waals surface area contributed by atoms with E-state index >= 15 is 0 Å². The molecule has 0 spiro atoms. The van der Waals surface area contributed by atoms with Crippen LogP contribution in [0.4, 0.5) is 13.2 Å². The third kappa shape index (κ3) is 3.96. The highest BCUT2D eigenvalue weighted by atomic mass is 35.5. The van der Waals surface area contributed by atoms with E-state index in [9.17, 15) is 13.2 Å². The zero-order chi connectivity index (χ0) is 15.6. The summed E-state index contributed by atoms with van der Waals surface area (Å²) in [4.78, 5) is 0. The fourth-order valence-corrected chi connectivity index (χ4v) is 2.26. The quantitative estimate of drug-likeness (QED) is 0.568. The zero-order valence-electron chi connectivity index (χ0n) is 10.3. The third-order valence-electron chi connectivity index (χ3n) is 2.62. The maximum atomic E-state index is 13.1. The summed E-state index contributed by atoms with van der Waals surface area (Å²) in [6.45, 7) is 0. The van der Waals surface area contributed by atoms with Crippen LogP contribution in [0.25, 0.3) is 0 Å². The van der Waals surface area contributed by atoms with Gasteiger partial charge in [0.05, 0.1) is 10.6 Å². The molecule has 0 heterocycles. The summed E-state index contributed by atoms with van der Waals surface area (Å²) < 4.78 is 44.4. The van der Waals surface area contributed by atoms with Crippen molar-refractivity contribution in [1.29, 1.82) is 0 Å². The lowest BCUT2D eigenvalue weighted by molar-refractivity contribution is -0.138. The molecule has 0 aliphatic carbocycles. The van der Waals surface area contributed by atoms with Crippen LogP contribution < -0.4 is 4.74 Å². The van der Waals surface area contributed by atoms with Crippen molar-refractivity contribution in [3.8, 4) is 11.5 Å². The number of hydrogen-bond donors (Lipinski definition) is 0. The molecule has 2 aromatic carbocycles. The summed E-state index contributed by atoms with van der Waals surface area (Å²) in [5.41, 5.74) is -0.565. The molecule has 0 bridgehead atoms. The Morgan fingerprint density at radius 2 is 1.62 bits per heavy atom. The number of halogens is 6. The SMILES string of the molecule is FC(F)(F)c1cc(CCl)ccc1Oc1ccc(Cl)cc1Cl. The third-order valence-corrected chi connectivity index (χ3v) is 3.46. The summed E-state index contributed by atoms with van der Waals surface area (Å²) in [5, 5.41) is 0.484. The lowest BCUT2D eigenvalue weighted by Gasteiger charge is -2.15. The molecular weight excluding hydrogens is 348 g/mol. The molecule has 0 aliphatic heterocycles.